The summed E-state index contributed by atoms with van der Waals surface area (Å²) in [4.78, 5) is 24.0. The average molecular weight is 263 g/mol. The smallest absolute Gasteiger partial charge is 0.410 e. The van der Waals surface area contributed by atoms with Crippen molar-refractivity contribution in [2.75, 3.05) is 6.54 Å². The van der Waals surface area contributed by atoms with Crippen molar-refractivity contribution >= 4 is 17.7 Å². The highest BCUT2D eigenvalue weighted by Crippen LogP contribution is 2.25. The first-order chi connectivity index (χ1) is 7.85. The van der Waals surface area contributed by atoms with Crippen molar-refractivity contribution in [2.24, 2.45) is 5.18 Å². The standard InChI is InChI=1S/C11H19ClN2O3/c1-11(2,3)17-10(15)14-7-5-4-6-8(14)9(12)13-16/h8-9H,4-7H2,1-3H3/t8-,9?/m1/s1. The minimum Gasteiger partial charge on any atom is -0.444 e. The topological polar surface area (TPSA) is 59.0 Å². The van der Waals surface area contributed by atoms with E-state index in [1.165, 1.54) is 4.90 Å². The van der Waals surface area contributed by atoms with E-state index in [2.05, 4.69) is 5.18 Å². The number of nitroso groups, excluding NO2 is 1. The second kappa shape index (κ2) is 5.67. The summed E-state index contributed by atoms with van der Waals surface area (Å²) in [6, 6.07) is -0.349. The highest BCUT2D eigenvalue weighted by atomic mass is 35.5. The van der Waals surface area contributed by atoms with Crippen molar-refractivity contribution in [3.05, 3.63) is 4.91 Å². The van der Waals surface area contributed by atoms with Gasteiger partial charge in [0.2, 0.25) is 0 Å². The summed E-state index contributed by atoms with van der Waals surface area (Å²) in [6.07, 6.45) is 2.12. The molecular weight excluding hydrogens is 244 g/mol. The number of likely N-dealkylation sites (tertiary alicyclic amines) is 1. The van der Waals surface area contributed by atoms with Crippen LogP contribution < -0.4 is 0 Å². The molecule has 0 N–H and O–H groups in total. The first-order valence-electron chi connectivity index (χ1n) is 5.81. The maximum atomic E-state index is 11.9. The van der Waals surface area contributed by atoms with Crippen molar-refractivity contribution in [3.8, 4) is 0 Å². The monoisotopic (exact) mass is 262 g/mol. The van der Waals surface area contributed by atoms with E-state index in [0.29, 0.717) is 13.0 Å². The summed E-state index contributed by atoms with van der Waals surface area (Å²) in [5, 5.41) is 2.81. The van der Waals surface area contributed by atoms with Crippen molar-refractivity contribution in [1.82, 2.24) is 4.90 Å². The van der Waals surface area contributed by atoms with Crippen molar-refractivity contribution in [3.63, 3.8) is 0 Å². The van der Waals surface area contributed by atoms with Crippen LogP contribution in [0.4, 0.5) is 4.79 Å². The molecule has 1 aliphatic rings. The SMILES string of the molecule is CC(C)(C)OC(=O)N1CCCC[C@@H]1C(Cl)N=O. The zero-order valence-electron chi connectivity index (χ0n) is 10.5. The molecule has 1 amide bonds. The predicted octanol–water partition coefficient (Wildman–Crippen LogP) is 3.11. The van der Waals surface area contributed by atoms with Crippen LogP contribution in [0.5, 0.6) is 0 Å². The van der Waals surface area contributed by atoms with Crippen LogP contribution in [-0.4, -0.2) is 34.7 Å². The fourth-order valence-corrected chi connectivity index (χ4v) is 2.12. The number of alkyl halides is 1. The van der Waals surface area contributed by atoms with E-state index in [4.69, 9.17) is 16.3 Å². The third-order valence-corrected chi connectivity index (χ3v) is 2.97. The molecule has 2 atom stereocenters. The van der Waals surface area contributed by atoms with Crippen LogP contribution in [-0.2, 0) is 4.74 Å². The van der Waals surface area contributed by atoms with Gasteiger partial charge in [-0.15, -0.1) is 4.91 Å². The van der Waals surface area contributed by atoms with Crippen LogP contribution in [0.1, 0.15) is 40.0 Å². The Morgan fingerprint density at radius 3 is 2.65 bits per heavy atom. The largest absolute Gasteiger partial charge is 0.444 e. The Morgan fingerprint density at radius 1 is 1.47 bits per heavy atom. The quantitative estimate of drug-likeness (QED) is 0.436. The number of hydrogen-bond donors (Lipinski definition) is 0. The Hall–Kier alpha value is -0.840. The first-order valence-corrected chi connectivity index (χ1v) is 6.25. The van der Waals surface area contributed by atoms with E-state index >= 15 is 0 Å². The molecule has 6 heteroatoms. The second-order valence-corrected chi connectivity index (χ2v) is 5.66. The molecule has 0 aromatic rings. The summed E-state index contributed by atoms with van der Waals surface area (Å²) >= 11 is 5.83. The van der Waals surface area contributed by atoms with Gasteiger partial charge in [0.1, 0.15) is 5.60 Å². The highest BCUT2D eigenvalue weighted by molar-refractivity contribution is 6.21. The molecule has 1 heterocycles. The molecule has 0 radical (unpaired) electrons. The Kier molecular flexibility index (Phi) is 4.74. The van der Waals surface area contributed by atoms with E-state index in [9.17, 15) is 9.70 Å². The van der Waals surface area contributed by atoms with Gasteiger partial charge >= 0.3 is 6.09 Å². The minimum atomic E-state index is -0.900. The third-order valence-electron chi connectivity index (χ3n) is 2.60. The van der Waals surface area contributed by atoms with Gasteiger partial charge in [-0.2, -0.15) is 0 Å². The molecule has 0 aliphatic carbocycles. The summed E-state index contributed by atoms with van der Waals surface area (Å²) < 4.78 is 5.29. The maximum absolute atomic E-state index is 11.9. The zero-order valence-corrected chi connectivity index (χ0v) is 11.2. The van der Waals surface area contributed by atoms with Crippen LogP contribution in [0.3, 0.4) is 0 Å². The molecule has 1 rings (SSSR count). The number of rotatable bonds is 2. The third kappa shape index (κ3) is 4.15. The summed E-state index contributed by atoms with van der Waals surface area (Å²) in [6.45, 7) is 5.98. The fourth-order valence-electron chi connectivity index (χ4n) is 1.86. The zero-order chi connectivity index (χ0) is 13.1. The van der Waals surface area contributed by atoms with Crippen molar-refractivity contribution in [2.45, 2.75) is 57.2 Å². The second-order valence-electron chi connectivity index (χ2n) is 5.21. The molecule has 1 fully saturated rings. The van der Waals surface area contributed by atoms with Crippen LogP contribution >= 0.6 is 11.6 Å². The molecule has 0 bridgehead atoms. The van der Waals surface area contributed by atoms with E-state index in [1.807, 2.05) is 0 Å². The molecule has 17 heavy (non-hydrogen) atoms. The molecule has 0 spiro atoms. The van der Waals surface area contributed by atoms with E-state index in [0.717, 1.165) is 12.8 Å². The maximum Gasteiger partial charge on any atom is 0.410 e. The van der Waals surface area contributed by atoms with Crippen molar-refractivity contribution < 1.29 is 9.53 Å². The normalized spacial score (nSPS) is 23.1. The van der Waals surface area contributed by atoms with Crippen molar-refractivity contribution in [1.29, 1.82) is 0 Å². The molecule has 1 saturated heterocycles. The van der Waals surface area contributed by atoms with E-state index in [1.54, 1.807) is 20.8 Å². The van der Waals surface area contributed by atoms with Crippen LogP contribution in [0.2, 0.25) is 0 Å². The number of ether oxygens (including phenoxy) is 1. The lowest BCUT2D eigenvalue weighted by atomic mass is 10.0. The first kappa shape index (κ1) is 14.2. The Balaban J connectivity index is 2.70. The van der Waals surface area contributed by atoms with Gasteiger partial charge < -0.3 is 9.64 Å². The van der Waals surface area contributed by atoms with Gasteiger partial charge in [0, 0.05) is 6.54 Å². The lowest BCUT2D eigenvalue weighted by Gasteiger charge is -2.36. The molecule has 5 nitrogen and oxygen atoms in total. The van der Waals surface area contributed by atoms with Crippen LogP contribution in [0, 0.1) is 4.91 Å². The number of hydrogen-bond acceptors (Lipinski definition) is 4. The minimum absolute atomic E-state index is 0.349. The van der Waals surface area contributed by atoms with Gasteiger partial charge in [-0.05, 0) is 45.2 Å². The number of halogens is 1. The molecule has 0 saturated carbocycles. The Bertz CT molecular complexity index is 291. The molecule has 0 aromatic carbocycles. The summed E-state index contributed by atoms with van der Waals surface area (Å²) in [5.74, 6) is 0. The summed E-state index contributed by atoms with van der Waals surface area (Å²) in [7, 11) is 0. The van der Waals surface area contributed by atoms with Gasteiger partial charge in [-0.25, -0.2) is 4.79 Å². The molecular formula is C11H19ClN2O3. The average Bonchev–Trinajstić information content (AvgIpc) is 2.25. The van der Waals surface area contributed by atoms with Gasteiger partial charge in [0.05, 0.1) is 6.04 Å². The molecule has 98 valence electrons. The number of carbonyl (C=O) groups is 1. The highest BCUT2D eigenvalue weighted by Gasteiger charge is 2.35. The van der Waals surface area contributed by atoms with Gasteiger partial charge in [-0.3, -0.25) is 0 Å². The van der Waals surface area contributed by atoms with E-state index < -0.39 is 17.2 Å². The predicted molar refractivity (Wildman–Crippen MR) is 66.0 cm³/mol. The van der Waals surface area contributed by atoms with E-state index in [-0.39, 0.29) is 6.04 Å². The number of piperidine rings is 1. The number of nitrogens with zero attached hydrogens (tertiary/aromatic N) is 2. The summed E-state index contributed by atoms with van der Waals surface area (Å²) in [5.41, 5.74) is -1.45. The number of carbonyl (C=O) groups excluding carboxylic acids is 1. The lowest BCUT2D eigenvalue weighted by molar-refractivity contribution is 0.00956. The fraction of sp³-hybridized carbons (Fsp3) is 0.909. The molecule has 0 aromatic heterocycles. The van der Waals surface area contributed by atoms with Crippen LogP contribution in [0.15, 0.2) is 5.18 Å². The molecule has 1 unspecified atom stereocenters. The van der Waals surface area contributed by atoms with Crippen LogP contribution in [0.25, 0.3) is 0 Å². The molecule has 1 aliphatic heterocycles. The van der Waals surface area contributed by atoms with Gasteiger partial charge in [0.15, 0.2) is 5.50 Å². The lowest BCUT2D eigenvalue weighted by Crippen LogP contribution is -2.49. The Labute approximate surface area is 106 Å². The van der Waals surface area contributed by atoms with Gasteiger partial charge in [-0.1, -0.05) is 11.6 Å². The van der Waals surface area contributed by atoms with Gasteiger partial charge in [0.25, 0.3) is 0 Å². The number of amides is 1. The Morgan fingerprint density at radius 2 is 2.12 bits per heavy atom.